The summed E-state index contributed by atoms with van der Waals surface area (Å²) in [4.78, 5) is 25.4. The molecule has 34 heavy (non-hydrogen) atoms. The molecule has 9 nitrogen and oxygen atoms in total. The van der Waals surface area contributed by atoms with Gasteiger partial charge in [-0.3, -0.25) is 9.63 Å². The summed E-state index contributed by atoms with van der Waals surface area (Å²) in [5.74, 6) is 1.11. The van der Waals surface area contributed by atoms with Crippen LogP contribution in [-0.4, -0.2) is 29.1 Å². The molecule has 0 radical (unpaired) electrons. The molecule has 0 unspecified atom stereocenters. The molecule has 0 aliphatic heterocycles. The summed E-state index contributed by atoms with van der Waals surface area (Å²) in [5, 5.41) is 0. The molecule has 1 aromatic heterocycles. The number of nitrogen functional groups attached to an aromatic ring is 2. The van der Waals surface area contributed by atoms with Crippen LogP contribution in [-0.2, 0) is 22.7 Å². The van der Waals surface area contributed by atoms with Crippen LogP contribution < -0.4 is 26.4 Å². The van der Waals surface area contributed by atoms with Crippen LogP contribution in [0.1, 0.15) is 30.2 Å². The maximum absolute atomic E-state index is 12.0. The number of ether oxygens (including phenoxy) is 2. The van der Waals surface area contributed by atoms with Gasteiger partial charge < -0.3 is 20.9 Å². The molecular weight excluding hydrogens is 434 g/mol. The lowest BCUT2D eigenvalue weighted by Crippen LogP contribution is -2.21. The average molecular weight is 464 g/mol. The van der Waals surface area contributed by atoms with Crippen molar-refractivity contribution in [1.29, 1.82) is 0 Å². The van der Waals surface area contributed by atoms with Gasteiger partial charge in [0.1, 0.15) is 5.75 Å². The fourth-order valence-electron chi connectivity index (χ4n) is 3.06. The van der Waals surface area contributed by atoms with Crippen molar-refractivity contribution in [1.82, 2.24) is 15.4 Å². The minimum atomic E-state index is -0.367. The molecule has 3 rings (SSSR count). The molecule has 3 aromatic rings. The summed E-state index contributed by atoms with van der Waals surface area (Å²) < 4.78 is 11.6. The molecule has 0 atom stereocenters. The Hall–Kier alpha value is -4.11. The zero-order valence-corrected chi connectivity index (χ0v) is 19.1. The molecule has 5 N–H and O–H groups in total. The molecule has 0 saturated heterocycles. The summed E-state index contributed by atoms with van der Waals surface area (Å²) in [6, 6.07) is 17.0. The van der Waals surface area contributed by atoms with Crippen LogP contribution in [0.2, 0.25) is 0 Å². The van der Waals surface area contributed by atoms with Gasteiger partial charge in [-0.25, -0.2) is 10.5 Å². The number of carbonyl (C=O) groups excluding carboxylic acids is 1. The number of hydrogen-bond acceptors (Lipinski definition) is 8. The second-order valence-electron chi connectivity index (χ2n) is 7.26. The monoisotopic (exact) mass is 463 g/mol. The minimum absolute atomic E-state index is 0.131. The van der Waals surface area contributed by atoms with E-state index in [4.69, 9.17) is 25.8 Å². The van der Waals surface area contributed by atoms with E-state index in [9.17, 15) is 4.79 Å². The standard InChI is InChI=1S/C25H29N5O4/c1-2-20-23(24(26)29-25(27)28-20)33-16-8-15-32-21-12-7-6-11-19(21)13-14-22(31)30-34-17-18-9-4-3-5-10-18/h3-7,9-14H,2,8,15-17H2,1H3,(H,30,31)(H4,26,27,28,29)/b14-13+. The highest BCUT2D eigenvalue weighted by Crippen LogP contribution is 2.25. The Balaban J connectivity index is 1.44. The Morgan fingerprint density at radius 3 is 2.53 bits per heavy atom. The van der Waals surface area contributed by atoms with Gasteiger partial charge in [0, 0.05) is 18.1 Å². The van der Waals surface area contributed by atoms with E-state index in [1.54, 1.807) is 6.08 Å². The van der Waals surface area contributed by atoms with E-state index in [1.807, 2.05) is 61.5 Å². The van der Waals surface area contributed by atoms with Gasteiger partial charge in [-0.1, -0.05) is 55.5 Å². The number of rotatable bonds is 12. The summed E-state index contributed by atoms with van der Waals surface area (Å²) >= 11 is 0. The van der Waals surface area contributed by atoms with E-state index < -0.39 is 0 Å². The average Bonchev–Trinajstić information content (AvgIpc) is 2.84. The van der Waals surface area contributed by atoms with Crippen LogP contribution >= 0.6 is 0 Å². The number of para-hydroxylation sites is 1. The van der Waals surface area contributed by atoms with Crippen molar-refractivity contribution in [2.24, 2.45) is 0 Å². The first kappa shape index (κ1) is 24.5. The molecule has 9 heteroatoms. The zero-order chi connectivity index (χ0) is 24.2. The summed E-state index contributed by atoms with van der Waals surface area (Å²) in [7, 11) is 0. The van der Waals surface area contributed by atoms with Crippen LogP contribution in [0.4, 0.5) is 11.8 Å². The maximum atomic E-state index is 12.0. The van der Waals surface area contributed by atoms with Gasteiger partial charge in [-0.05, 0) is 24.1 Å². The quantitative estimate of drug-likeness (QED) is 0.212. The first-order chi connectivity index (χ1) is 16.6. The molecule has 1 amide bonds. The number of nitrogens with one attached hydrogen (secondary N) is 1. The van der Waals surface area contributed by atoms with Crippen LogP contribution in [0.3, 0.4) is 0 Å². The summed E-state index contributed by atoms with van der Waals surface area (Å²) in [6.45, 7) is 3.02. The molecular formula is C25H29N5O4. The summed E-state index contributed by atoms with van der Waals surface area (Å²) in [6.07, 6.45) is 4.31. The lowest BCUT2D eigenvalue weighted by molar-refractivity contribution is -0.129. The molecule has 0 spiro atoms. The topological polar surface area (TPSA) is 135 Å². The molecule has 178 valence electrons. The van der Waals surface area contributed by atoms with Gasteiger partial charge in [-0.15, -0.1) is 0 Å². The van der Waals surface area contributed by atoms with Gasteiger partial charge in [0.2, 0.25) is 5.95 Å². The predicted octanol–water partition coefficient (Wildman–Crippen LogP) is 3.31. The zero-order valence-electron chi connectivity index (χ0n) is 19.1. The fraction of sp³-hybridized carbons (Fsp3) is 0.240. The van der Waals surface area contributed by atoms with E-state index >= 15 is 0 Å². The normalized spacial score (nSPS) is 10.9. The van der Waals surface area contributed by atoms with Crippen molar-refractivity contribution in [2.75, 3.05) is 24.7 Å². The fourth-order valence-corrected chi connectivity index (χ4v) is 3.06. The highest BCUT2D eigenvalue weighted by molar-refractivity contribution is 5.91. The SMILES string of the molecule is CCc1nc(N)nc(N)c1OCCCOc1ccccc1/C=C/C(=O)NOCc1ccccc1. The Kier molecular flexibility index (Phi) is 9.24. The van der Waals surface area contributed by atoms with Crippen molar-refractivity contribution in [3.63, 3.8) is 0 Å². The predicted molar refractivity (Wildman–Crippen MR) is 131 cm³/mol. The van der Waals surface area contributed by atoms with Crippen LogP contribution in [0, 0.1) is 0 Å². The van der Waals surface area contributed by atoms with E-state index in [1.165, 1.54) is 6.08 Å². The molecule has 0 saturated carbocycles. The van der Waals surface area contributed by atoms with Gasteiger partial charge in [0.05, 0.1) is 25.5 Å². The highest BCUT2D eigenvalue weighted by Gasteiger charge is 2.11. The Morgan fingerprint density at radius 2 is 1.74 bits per heavy atom. The Morgan fingerprint density at radius 1 is 1.00 bits per heavy atom. The molecule has 2 aromatic carbocycles. The van der Waals surface area contributed by atoms with Crippen LogP contribution in [0.5, 0.6) is 11.5 Å². The lowest BCUT2D eigenvalue weighted by Gasteiger charge is -2.13. The number of anilines is 2. The molecule has 0 fully saturated rings. The van der Waals surface area contributed by atoms with Crippen molar-refractivity contribution in [2.45, 2.75) is 26.4 Å². The number of nitrogens with two attached hydrogens (primary N) is 2. The second-order valence-corrected chi connectivity index (χ2v) is 7.26. The third-order valence-electron chi connectivity index (χ3n) is 4.69. The Bertz CT molecular complexity index is 1110. The minimum Gasteiger partial charge on any atom is -0.493 e. The number of nitrogens with zero attached hydrogens (tertiary/aromatic N) is 2. The summed E-state index contributed by atoms with van der Waals surface area (Å²) in [5.41, 5.74) is 16.3. The van der Waals surface area contributed by atoms with Gasteiger partial charge in [0.15, 0.2) is 11.6 Å². The van der Waals surface area contributed by atoms with Gasteiger partial charge >= 0.3 is 0 Å². The van der Waals surface area contributed by atoms with Crippen LogP contribution in [0.25, 0.3) is 6.08 Å². The van der Waals surface area contributed by atoms with E-state index in [2.05, 4.69) is 15.4 Å². The highest BCUT2D eigenvalue weighted by atomic mass is 16.6. The van der Waals surface area contributed by atoms with Crippen LogP contribution in [0.15, 0.2) is 60.7 Å². The van der Waals surface area contributed by atoms with Gasteiger partial charge in [-0.2, -0.15) is 4.98 Å². The van der Waals surface area contributed by atoms with Crippen molar-refractivity contribution < 1.29 is 19.1 Å². The third kappa shape index (κ3) is 7.49. The maximum Gasteiger partial charge on any atom is 0.267 e. The smallest absolute Gasteiger partial charge is 0.267 e. The first-order valence-corrected chi connectivity index (χ1v) is 11.0. The van der Waals surface area contributed by atoms with Crippen molar-refractivity contribution in [3.8, 4) is 11.5 Å². The largest absolute Gasteiger partial charge is 0.493 e. The molecule has 1 heterocycles. The number of hydrogen-bond donors (Lipinski definition) is 3. The van der Waals surface area contributed by atoms with E-state index in [0.717, 1.165) is 11.1 Å². The van der Waals surface area contributed by atoms with E-state index in [0.29, 0.717) is 43.2 Å². The van der Waals surface area contributed by atoms with Crippen molar-refractivity contribution in [3.05, 3.63) is 77.5 Å². The molecule has 0 aliphatic carbocycles. The number of aryl methyl sites for hydroxylation is 1. The Labute approximate surface area is 198 Å². The molecule has 0 aliphatic rings. The van der Waals surface area contributed by atoms with Crippen molar-refractivity contribution >= 4 is 23.7 Å². The number of benzene rings is 2. The molecule has 0 bridgehead atoms. The second kappa shape index (κ2) is 12.8. The van der Waals surface area contributed by atoms with Gasteiger partial charge in [0.25, 0.3) is 5.91 Å². The first-order valence-electron chi connectivity index (χ1n) is 11.0. The van der Waals surface area contributed by atoms with E-state index in [-0.39, 0.29) is 24.3 Å². The number of aromatic nitrogens is 2. The number of carbonyl (C=O) groups is 1. The lowest BCUT2D eigenvalue weighted by atomic mass is 10.2. The number of hydroxylamine groups is 1. The number of amides is 1. The third-order valence-corrected chi connectivity index (χ3v) is 4.69.